The summed E-state index contributed by atoms with van der Waals surface area (Å²) < 4.78 is 0. The van der Waals surface area contributed by atoms with E-state index < -0.39 is 0 Å². The van der Waals surface area contributed by atoms with Crippen LogP contribution in [0.5, 0.6) is 0 Å². The van der Waals surface area contributed by atoms with E-state index in [-0.39, 0.29) is 11.3 Å². The molecule has 2 aromatic rings. The van der Waals surface area contributed by atoms with Crippen LogP contribution in [0.15, 0.2) is 107 Å². The van der Waals surface area contributed by atoms with Crippen molar-refractivity contribution >= 4 is 11.1 Å². The van der Waals surface area contributed by atoms with Crippen molar-refractivity contribution in [3.8, 4) is 35.5 Å². The van der Waals surface area contributed by atoms with Crippen LogP contribution in [0.3, 0.4) is 0 Å². The Morgan fingerprint density at radius 2 is 1.95 bits per heavy atom. The summed E-state index contributed by atoms with van der Waals surface area (Å²) in [5.41, 5.74) is 16.2. The van der Waals surface area contributed by atoms with Crippen LogP contribution in [0.25, 0.3) is 11.1 Å². The van der Waals surface area contributed by atoms with Gasteiger partial charge in [-0.05, 0) is 76.8 Å². The molecule has 7 rings (SSSR count). The monoisotopic (exact) mass is 510 g/mol. The van der Waals surface area contributed by atoms with Crippen molar-refractivity contribution < 1.29 is 0 Å². The molecule has 40 heavy (non-hydrogen) atoms. The first-order chi connectivity index (χ1) is 19.6. The maximum atomic E-state index is 3.44. The Kier molecular flexibility index (Phi) is 5.99. The average Bonchev–Trinajstić information content (AvgIpc) is 3.80. The van der Waals surface area contributed by atoms with Gasteiger partial charge < -0.3 is 0 Å². The number of benzene rings is 2. The van der Waals surface area contributed by atoms with Crippen molar-refractivity contribution in [2.24, 2.45) is 5.92 Å². The van der Waals surface area contributed by atoms with Crippen LogP contribution in [0.4, 0.5) is 0 Å². The topological polar surface area (TPSA) is 0 Å². The molecule has 5 aliphatic rings. The molecule has 0 heterocycles. The largest absolute Gasteiger partial charge is 0.111 e. The van der Waals surface area contributed by atoms with E-state index in [4.69, 9.17) is 0 Å². The third kappa shape index (κ3) is 4.18. The van der Waals surface area contributed by atoms with Gasteiger partial charge in [-0.3, -0.25) is 0 Å². The van der Waals surface area contributed by atoms with Crippen LogP contribution >= 0.6 is 0 Å². The lowest BCUT2D eigenvalue weighted by Gasteiger charge is -2.28. The third-order valence-electron chi connectivity index (χ3n) is 8.73. The zero-order valence-electron chi connectivity index (χ0n) is 23.1. The van der Waals surface area contributed by atoms with E-state index >= 15 is 0 Å². The quantitative estimate of drug-likeness (QED) is 0.219. The van der Waals surface area contributed by atoms with E-state index in [2.05, 4.69) is 134 Å². The first kappa shape index (κ1) is 24.4. The number of hydrogen-bond donors (Lipinski definition) is 0. The van der Waals surface area contributed by atoms with Crippen molar-refractivity contribution in [2.75, 3.05) is 0 Å². The van der Waals surface area contributed by atoms with Crippen LogP contribution < -0.4 is 0 Å². The summed E-state index contributed by atoms with van der Waals surface area (Å²) >= 11 is 0. The van der Waals surface area contributed by atoms with E-state index in [0.29, 0.717) is 5.92 Å². The molecule has 0 saturated heterocycles. The second kappa shape index (κ2) is 9.82. The van der Waals surface area contributed by atoms with Gasteiger partial charge in [0.05, 0.1) is 5.92 Å². The molecule has 3 atom stereocenters. The third-order valence-corrected chi connectivity index (χ3v) is 8.73. The molecule has 3 unspecified atom stereocenters. The Bertz CT molecular complexity index is 1870. The van der Waals surface area contributed by atoms with E-state index in [0.717, 1.165) is 42.4 Å². The minimum atomic E-state index is -0.0467. The minimum absolute atomic E-state index is 0.0462. The SMILES string of the molecule is CC1=CC=CC(C2=C(c3ccc4c(c3)C3(c5cccc(C6=CCC#CCC6)c5)CC3=CC4C)C=C=CC#C2)C#C1. The Morgan fingerprint density at radius 3 is 2.90 bits per heavy atom. The Balaban J connectivity index is 1.35. The summed E-state index contributed by atoms with van der Waals surface area (Å²) in [5.74, 6) is 20.2. The summed E-state index contributed by atoms with van der Waals surface area (Å²) in [6.07, 6.45) is 18.9. The highest BCUT2D eigenvalue weighted by atomic mass is 14.6. The zero-order valence-corrected chi connectivity index (χ0v) is 23.1. The van der Waals surface area contributed by atoms with Gasteiger partial charge in [-0.25, -0.2) is 0 Å². The van der Waals surface area contributed by atoms with Gasteiger partial charge in [0.2, 0.25) is 0 Å². The van der Waals surface area contributed by atoms with E-state index in [1.165, 1.54) is 33.4 Å². The Labute approximate surface area is 238 Å². The number of hydrogen-bond acceptors (Lipinski definition) is 0. The van der Waals surface area contributed by atoms with Gasteiger partial charge in [-0.2, -0.15) is 0 Å². The lowest BCUT2D eigenvalue weighted by atomic mass is 9.75. The first-order valence-electron chi connectivity index (χ1n) is 14.3. The van der Waals surface area contributed by atoms with Crippen molar-refractivity contribution in [1.29, 1.82) is 0 Å². The van der Waals surface area contributed by atoms with Gasteiger partial charge in [0.25, 0.3) is 0 Å². The van der Waals surface area contributed by atoms with Crippen molar-refractivity contribution in [3.63, 3.8) is 0 Å². The highest BCUT2D eigenvalue weighted by molar-refractivity contribution is 5.83. The van der Waals surface area contributed by atoms with E-state index in [9.17, 15) is 0 Å². The second-order valence-electron chi connectivity index (χ2n) is 11.3. The predicted molar refractivity (Wildman–Crippen MR) is 166 cm³/mol. The molecule has 2 aromatic carbocycles. The molecule has 0 amide bonds. The molecule has 1 fully saturated rings. The second-order valence-corrected chi connectivity index (χ2v) is 11.3. The highest BCUT2D eigenvalue weighted by Crippen LogP contribution is 2.63. The fourth-order valence-corrected chi connectivity index (χ4v) is 6.59. The Hall–Kier alpha value is -4.66. The fraction of sp³-hybridized carbons (Fsp3) is 0.225. The molecule has 0 nitrogen and oxygen atoms in total. The number of rotatable bonds is 4. The van der Waals surface area contributed by atoms with Crippen LogP contribution in [-0.4, -0.2) is 0 Å². The standard InChI is InChI=1S/C40H30/c1-28-12-10-15-31(21-20-28)37-18-8-5-9-19-38(37)33-22-23-36-29(2)24-35-27-40(35,39(36)26-33)34-17-11-16-32(25-34)30-13-6-3-4-7-14-30/h5,10-13,15-17,19,22-26,29,31H,6-7,14,27H2,1-2H3. The number of fused-ring (bicyclic) bond motifs is 3. The molecule has 0 heteroatoms. The molecule has 0 N–H and O–H groups in total. The molecule has 190 valence electrons. The molecule has 5 aliphatic carbocycles. The number of allylic oxidation sites excluding steroid dienone is 11. The van der Waals surface area contributed by atoms with E-state index in [1.54, 1.807) is 5.57 Å². The molecule has 0 bridgehead atoms. The smallest absolute Gasteiger partial charge is 0.0725 e. The Morgan fingerprint density at radius 1 is 1.00 bits per heavy atom. The molecular formula is C40H30. The maximum absolute atomic E-state index is 3.44. The van der Waals surface area contributed by atoms with Crippen molar-refractivity contribution in [2.45, 2.75) is 50.9 Å². The summed E-state index contributed by atoms with van der Waals surface area (Å²) in [6.45, 7) is 4.38. The molecule has 0 spiro atoms. The predicted octanol–water partition coefficient (Wildman–Crippen LogP) is 8.61. The van der Waals surface area contributed by atoms with Crippen LogP contribution in [0, 0.1) is 41.4 Å². The van der Waals surface area contributed by atoms with Crippen molar-refractivity contribution in [3.05, 3.63) is 135 Å². The highest BCUT2D eigenvalue weighted by Gasteiger charge is 2.55. The fourth-order valence-electron chi connectivity index (χ4n) is 6.59. The van der Waals surface area contributed by atoms with Gasteiger partial charge in [0, 0.05) is 35.5 Å². The zero-order chi connectivity index (χ0) is 27.1. The lowest BCUT2D eigenvalue weighted by molar-refractivity contribution is 0.804. The minimum Gasteiger partial charge on any atom is -0.111 e. The summed E-state index contributed by atoms with van der Waals surface area (Å²) in [6, 6.07) is 16.3. The summed E-state index contributed by atoms with van der Waals surface area (Å²) in [7, 11) is 0. The summed E-state index contributed by atoms with van der Waals surface area (Å²) in [5, 5.41) is 0. The van der Waals surface area contributed by atoms with Crippen LogP contribution in [0.2, 0.25) is 0 Å². The van der Waals surface area contributed by atoms with Gasteiger partial charge in [0.1, 0.15) is 0 Å². The van der Waals surface area contributed by atoms with Gasteiger partial charge in [-0.1, -0.05) is 109 Å². The maximum Gasteiger partial charge on any atom is 0.0725 e. The molecule has 0 aliphatic heterocycles. The molecular weight excluding hydrogens is 480 g/mol. The molecule has 1 saturated carbocycles. The normalized spacial score (nSPS) is 25.1. The van der Waals surface area contributed by atoms with Gasteiger partial charge >= 0.3 is 0 Å². The van der Waals surface area contributed by atoms with E-state index in [1.807, 2.05) is 6.08 Å². The molecule has 0 aromatic heterocycles. The summed E-state index contributed by atoms with van der Waals surface area (Å²) in [4.78, 5) is 0. The van der Waals surface area contributed by atoms with Crippen LogP contribution in [-0.2, 0) is 5.41 Å². The van der Waals surface area contributed by atoms with Crippen molar-refractivity contribution in [1.82, 2.24) is 0 Å². The lowest BCUT2D eigenvalue weighted by Crippen LogP contribution is -2.17. The first-order valence-corrected chi connectivity index (χ1v) is 14.3. The molecule has 0 radical (unpaired) electrons. The van der Waals surface area contributed by atoms with Gasteiger partial charge in [0.15, 0.2) is 0 Å². The van der Waals surface area contributed by atoms with Gasteiger partial charge in [-0.15, -0.1) is 11.7 Å². The average molecular weight is 511 g/mol. The van der Waals surface area contributed by atoms with Crippen LogP contribution in [0.1, 0.15) is 73.3 Å².